The molecular weight excluding hydrogens is 330 g/mol. The molecule has 1 heterocycles. The fraction of sp³-hybridized carbons (Fsp3) is 0.529. The van der Waals surface area contributed by atoms with E-state index in [1.165, 1.54) is 0 Å². The van der Waals surface area contributed by atoms with E-state index in [1.807, 2.05) is 33.8 Å². The molecule has 1 fully saturated rings. The fourth-order valence-electron chi connectivity index (χ4n) is 2.33. The zero-order valence-corrected chi connectivity index (χ0v) is 15.3. The molecule has 2 rings (SSSR count). The van der Waals surface area contributed by atoms with Crippen LogP contribution in [0.15, 0.2) is 18.2 Å². The third kappa shape index (κ3) is 5.03. The second-order valence-corrected chi connectivity index (χ2v) is 7.28. The monoisotopic (exact) mass is 353 g/mol. The van der Waals surface area contributed by atoms with E-state index >= 15 is 0 Å². The third-order valence-electron chi connectivity index (χ3n) is 3.58. The van der Waals surface area contributed by atoms with E-state index in [1.54, 1.807) is 21.9 Å². The molecule has 0 atom stereocenters. The summed E-state index contributed by atoms with van der Waals surface area (Å²) >= 11 is 6.14. The molecule has 1 saturated heterocycles. The number of urea groups is 1. The highest BCUT2D eigenvalue weighted by atomic mass is 35.5. The summed E-state index contributed by atoms with van der Waals surface area (Å²) in [6.45, 7) is 9.24. The molecule has 3 amide bonds. The number of piperazine rings is 1. The molecule has 0 aromatic heterocycles. The molecule has 1 aliphatic heterocycles. The van der Waals surface area contributed by atoms with E-state index in [0.717, 1.165) is 5.56 Å². The van der Waals surface area contributed by atoms with Crippen molar-refractivity contribution in [3.05, 3.63) is 28.8 Å². The summed E-state index contributed by atoms with van der Waals surface area (Å²) in [6.07, 6.45) is -0.343. The van der Waals surface area contributed by atoms with Crippen LogP contribution >= 0.6 is 11.6 Å². The van der Waals surface area contributed by atoms with E-state index in [9.17, 15) is 9.59 Å². The number of hydrogen-bond donors (Lipinski definition) is 1. The van der Waals surface area contributed by atoms with Gasteiger partial charge in [-0.2, -0.15) is 0 Å². The normalized spacial score (nSPS) is 15.2. The molecule has 0 unspecified atom stereocenters. The Morgan fingerprint density at radius 2 is 1.71 bits per heavy atom. The Morgan fingerprint density at radius 1 is 1.12 bits per heavy atom. The number of hydrogen-bond acceptors (Lipinski definition) is 3. The molecule has 0 saturated carbocycles. The lowest BCUT2D eigenvalue weighted by Crippen LogP contribution is -2.52. The largest absolute Gasteiger partial charge is 0.444 e. The molecule has 0 bridgehead atoms. The number of nitrogens with zero attached hydrogens (tertiary/aromatic N) is 2. The molecule has 1 aliphatic rings. The molecule has 1 aromatic rings. The predicted octanol–water partition coefficient (Wildman–Crippen LogP) is 3.73. The number of amides is 3. The third-order valence-corrected chi connectivity index (χ3v) is 3.90. The second-order valence-electron chi connectivity index (χ2n) is 6.87. The Bertz CT molecular complexity index is 620. The Labute approximate surface area is 147 Å². The Balaban J connectivity index is 1.87. The van der Waals surface area contributed by atoms with E-state index < -0.39 is 5.60 Å². The van der Waals surface area contributed by atoms with Crippen molar-refractivity contribution in [3.63, 3.8) is 0 Å². The first kappa shape index (κ1) is 18.4. The average Bonchev–Trinajstić information content (AvgIpc) is 2.48. The summed E-state index contributed by atoms with van der Waals surface area (Å²) in [6, 6.07) is 5.26. The minimum absolute atomic E-state index is 0.218. The SMILES string of the molecule is Cc1ccc(NC(=O)N2CCN(C(=O)OC(C)(C)C)CC2)c(Cl)c1. The van der Waals surface area contributed by atoms with Gasteiger partial charge in [0.05, 0.1) is 10.7 Å². The van der Waals surface area contributed by atoms with Crippen molar-refractivity contribution in [2.24, 2.45) is 0 Å². The molecule has 24 heavy (non-hydrogen) atoms. The van der Waals surface area contributed by atoms with Crippen LogP contribution in [0.2, 0.25) is 5.02 Å². The summed E-state index contributed by atoms with van der Waals surface area (Å²) in [4.78, 5) is 27.6. The molecule has 7 heteroatoms. The van der Waals surface area contributed by atoms with Crippen molar-refractivity contribution in [3.8, 4) is 0 Å². The lowest BCUT2D eigenvalue weighted by Gasteiger charge is -2.35. The van der Waals surface area contributed by atoms with Gasteiger partial charge in [-0.1, -0.05) is 17.7 Å². The summed E-state index contributed by atoms with van der Waals surface area (Å²) in [5.41, 5.74) is 1.10. The van der Waals surface area contributed by atoms with Crippen LogP contribution in [0.25, 0.3) is 0 Å². The van der Waals surface area contributed by atoms with Crippen molar-refractivity contribution in [1.29, 1.82) is 0 Å². The van der Waals surface area contributed by atoms with E-state index in [0.29, 0.717) is 36.9 Å². The van der Waals surface area contributed by atoms with Crippen LogP contribution in [0.1, 0.15) is 26.3 Å². The van der Waals surface area contributed by atoms with Crippen LogP contribution < -0.4 is 5.32 Å². The highest BCUT2D eigenvalue weighted by molar-refractivity contribution is 6.33. The Morgan fingerprint density at radius 3 is 2.25 bits per heavy atom. The zero-order chi connectivity index (χ0) is 17.9. The second kappa shape index (κ2) is 7.30. The van der Waals surface area contributed by atoms with Crippen molar-refractivity contribution >= 4 is 29.4 Å². The molecule has 6 nitrogen and oxygen atoms in total. The number of nitrogens with one attached hydrogen (secondary N) is 1. The molecule has 132 valence electrons. The van der Waals surface area contributed by atoms with E-state index in [2.05, 4.69) is 5.32 Å². The number of aryl methyl sites for hydroxylation is 1. The maximum absolute atomic E-state index is 12.3. The summed E-state index contributed by atoms with van der Waals surface area (Å²) in [5, 5.41) is 3.32. The standard InChI is InChI=1S/C17H24ClN3O3/c1-12-5-6-14(13(18)11-12)19-15(22)20-7-9-21(10-8-20)16(23)24-17(2,3)4/h5-6,11H,7-10H2,1-4H3,(H,19,22). The minimum Gasteiger partial charge on any atom is -0.444 e. The predicted molar refractivity (Wildman–Crippen MR) is 94.6 cm³/mol. The fourth-order valence-corrected chi connectivity index (χ4v) is 2.62. The van der Waals surface area contributed by atoms with Crippen molar-refractivity contribution in [1.82, 2.24) is 9.80 Å². The zero-order valence-electron chi connectivity index (χ0n) is 14.6. The van der Waals surface area contributed by atoms with Gasteiger partial charge in [-0.05, 0) is 45.4 Å². The van der Waals surface area contributed by atoms with Crippen LogP contribution in [0.3, 0.4) is 0 Å². The minimum atomic E-state index is -0.520. The van der Waals surface area contributed by atoms with Gasteiger partial charge in [-0.15, -0.1) is 0 Å². The lowest BCUT2D eigenvalue weighted by atomic mass is 10.2. The number of rotatable bonds is 1. The lowest BCUT2D eigenvalue weighted by molar-refractivity contribution is 0.0174. The Kier molecular flexibility index (Phi) is 5.59. The average molecular weight is 354 g/mol. The van der Waals surface area contributed by atoms with Gasteiger partial charge in [-0.25, -0.2) is 9.59 Å². The molecule has 1 N–H and O–H groups in total. The Hall–Kier alpha value is -1.95. The number of anilines is 1. The molecule has 1 aromatic carbocycles. The van der Waals surface area contributed by atoms with Gasteiger partial charge in [0.1, 0.15) is 5.60 Å². The highest BCUT2D eigenvalue weighted by Gasteiger charge is 2.27. The molecular formula is C17H24ClN3O3. The van der Waals surface area contributed by atoms with Gasteiger partial charge in [0.2, 0.25) is 0 Å². The van der Waals surface area contributed by atoms with Crippen LogP contribution in [-0.4, -0.2) is 53.7 Å². The first-order chi connectivity index (χ1) is 11.2. The first-order valence-corrected chi connectivity index (χ1v) is 8.33. The van der Waals surface area contributed by atoms with Gasteiger partial charge >= 0.3 is 12.1 Å². The highest BCUT2D eigenvalue weighted by Crippen LogP contribution is 2.23. The van der Waals surface area contributed by atoms with E-state index in [-0.39, 0.29) is 12.1 Å². The number of carbonyl (C=O) groups is 2. The summed E-state index contributed by atoms with van der Waals surface area (Å²) in [7, 11) is 0. The topological polar surface area (TPSA) is 61.9 Å². The van der Waals surface area contributed by atoms with Crippen molar-refractivity contribution in [2.45, 2.75) is 33.3 Å². The van der Waals surface area contributed by atoms with Crippen LogP contribution in [0.5, 0.6) is 0 Å². The molecule has 0 spiro atoms. The van der Waals surface area contributed by atoms with Gasteiger partial charge in [0.15, 0.2) is 0 Å². The van der Waals surface area contributed by atoms with Gasteiger partial charge < -0.3 is 19.9 Å². The summed E-state index contributed by atoms with van der Waals surface area (Å²) < 4.78 is 5.35. The van der Waals surface area contributed by atoms with Gasteiger partial charge in [0, 0.05) is 26.2 Å². The van der Waals surface area contributed by atoms with Crippen LogP contribution in [0, 0.1) is 6.92 Å². The van der Waals surface area contributed by atoms with Crippen LogP contribution in [0.4, 0.5) is 15.3 Å². The quantitative estimate of drug-likeness (QED) is 0.836. The van der Waals surface area contributed by atoms with Crippen LogP contribution in [-0.2, 0) is 4.74 Å². The summed E-state index contributed by atoms with van der Waals surface area (Å²) in [5.74, 6) is 0. The van der Waals surface area contributed by atoms with Crippen molar-refractivity contribution < 1.29 is 14.3 Å². The molecule has 0 radical (unpaired) electrons. The van der Waals surface area contributed by atoms with E-state index in [4.69, 9.17) is 16.3 Å². The van der Waals surface area contributed by atoms with Gasteiger partial charge in [0.25, 0.3) is 0 Å². The van der Waals surface area contributed by atoms with Gasteiger partial charge in [-0.3, -0.25) is 0 Å². The maximum atomic E-state index is 12.3. The molecule has 0 aliphatic carbocycles. The number of halogens is 1. The number of ether oxygens (including phenoxy) is 1. The number of carbonyl (C=O) groups excluding carboxylic acids is 2. The van der Waals surface area contributed by atoms with Crippen molar-refractivity contribution in [2.75, 3.05) is 31.5 Å². The maximum Gasteiger partial charge on any atom is 0.410 e. The first-order valence-electron chi connectivity index (χ1n) is 7.96. The number of benzene rings is 1. The smallest absolute Gasteiger partial charge is 0.410 e.